The number of rotatable bonds is 8. The number of aromatic nitrogens is 2. The van der Waals surface area contributed by atoms with Crippen LogP contribution in [-0.4, -0.2) is 61.2 Å². The molecule has 5 rings (SSSR count). The summed E-state index contributed by atoms with van der Waals surface area (Å²) >= 11 is 1.52. The molecule has 1 aromatic carbocycles. The average molecular weight is 567 g/mol. The summed E-state index contributed by atoms with van der Waals surface area (Å²) in [5.74, 6) is 0.369. The van der Waals surface area contributed by atoms with Crippen molar-refractivity contribution in [3.63, 3.8) is 0 Å². The van der Waals surface area contributed by atoms with E-state index in [1.807, 2.05) is 26.4 Å². The number of H-pyrrole nitrogens is 1. The van der Waals surface area contributed by atoms with E-state index in [9.17, 15) is 9.59 Å². The molecule has 2 aliphatic rings. The van der Waals surface area contributed by atoms with Gasteiger partial charge in [0.2, 0.25) is 0 Å². The number of methoxy groups -OCH3 is 1. The number of ether oxygens (including phenoxy) is 2. The standard InChI is InChI=1S/C31H42N4O4S/c1-19-16-28(40-5)26(30(36)33-19)18-32-31(37)29-21(3)35(20(2)22-6-9-24(38-4)10-7-22)27-11-8-23(17-25(27)29)34-12-14-39-15-13-34/h8,11,16-17,20,22,24H,6-7,9-10,12-15,18H2,1-5H3,(H,32,37)(H,33,36)/t20-,22?,24?/m1/s1. The Bertz CT molecular complexity index is 1420. The Labute approximate surface area is 240 Å². The van der Waals surface area contributed by atoms with Gasteiger partial charge in [0.25, 0.3) is 11.5 Å². The molecule has 3 heterocycles. The lowest BCUT2D eigenvalue weighted by Crippen LogP contribution is -2.36. The van der Waals surface area contributed by atoms with Crippen LogP contribution in [0.1, 0.15) is 66.0 Å². The number of hydrogen-bond acceptors (Lipinski definition) is 6. The molecule has 9 heteroatoms. The quantitative estimate of drug-likeness (QED) is 0.365. The molecule has 2 fully saturated rings. The Balaban J connectivity index is 1.51. The van der Waals surface area contributed by atoms with Crippen molar-refractivity contribution in [2.75, 3.05) is 44.6 Å². The molecule has 0 spiro atoms. The van der Waals surface area contributed by atoms with Crippen molar-refractivity contribution in [3.8, 4) is 0 Å². The minimum Gasteiger partial charge on any atom is -0.381 e. The monoisotopic (exact) mass is 566 g/mol. The fourth-order valence-corrected chi connectivity index (χ4v) is 7.28. The molecule has 1 amide bonds. The van der Waals surface area contributed by atoms with Gasteiger partial charge in [0, 0.05) is 71.2 Å². The molecule has 2 N–H and O–H groups in total. The van der Waals surface area contributed by atoms with Gasteiger partial charge in [0.05, 0.1) is 24.9 Å². The maximum atomic E-state index is 13.9. The SMILES string of the molecule is COC1CCC([C@@H](C)n2c(C)c(C(=O)NCc3c(SC)cc(C)[nH]c3=O)c3cc(N4CCOCC4)ccc32)CC1. The summed E-state index contributed by atoms with van der Waals surface area (Å²) in [5, 5.41) is 4.05. The number of aromatic amines is 1. The third-order valence-electron chi connectivity index (χ3n) is 8.85. The maximum Gasteiger partial charge on any atom is 0.254 e. The van der Waals surface area contributed by atoms with E-state index in [2.05, 4.69) is 51.8 Å². The number of fused-ring (bicyclic) bond motifs is 1. The van der Waals surface area contributed by atoms with Gasteiger partial charge in [-0.25, -0.2) is 0 Å². The lowest BCUT2D eigenvalue weighted by molar-refractivity contribution is 0.0492. The van der Waals surface area contributed by atoms with Crippen molar-refractivity contribution in [2.24, 2.45) is 5.92 Å². The van der Waals surface area contributed by atoms with E-state index in [1.165, 1.54) is 11.8 Å². The van der Waals surface area contributed by atoms with Gasteiger partial charge < -0.3 is 29.2 Å². The highest BCUT2D eigenvalue weighted by Gasteiger charge is 2.30. The van der Waals surface area contributed by atoms with E-state index in [4.69, 9.17) is 9.47 Å². The largest absolute Gasteiger partial charge is 0.381 e. The molecule has 2 aromatic heterocycles. The summed E-state index contributed by atoms with van der Waals surface area (Å²) in [7, 11) is 1.81. The highest BCUT2D eigenvalue weighted by molar-refractivity contribution is 7.98. The number of carbonyl (C=O) groups excluding carboxylic acids is 1. The second-order valence-electron chi connectivity index (χ2n) is 11.2. The van der Waals surface area contributed by atoms with Crippen molar-refractivity contribution in [1.29, 1.82) is 0 Å². The predicted molar refractivity (Wildman–Crippen MR) is 162 cm³/mol. The number of amides is 1. The Kier molecular flexibility index (Phi) is 8.92. The highest BCUT2D eigenvalue weighted by atomic mass is 32.2. The van der Waals surface area contributed by atoms with Crippen LogP contribution in [0.25, 0.3) is 10.9 Å². The molecular formula is C31H42N4O4S. The first-order valence-electron chi connectivity index (χ1n) is 14.4. The number of nitrogens with one attached hydrogen (secondary N) is 2. The van der Waals surface area contributed by atoms with E-state index >= 15 is 0 Å². The van der Waals surface area contributed by atoms with E-state index in [-0.39, 0.29) is 24.1 Å². The molecule has 1 saturated heterocycles. The number of morpholine rings is 1. The van der Waals surface area contributed by atoms with Gasteiger partial charge in [0.1, 0.15) is 0 Å². The van der Waals surface area contributed by atoms with Crippen LogP contribution in [0.2, 0.25) is 0 Å². The first-order valence-corrected chi connectivity index (χ1v) is 15.6. The van der Waals surface area contributed by atoms with Gasteiger partial charge >= 0.3 is 0 Å². The molecule has 1 saturated carbocycles. The molecule has 0 unspecified atom stereocenters. The number of aryl methyl sites for hydroxylation is 1. The van der Waals surface area contributed by atoms with Crippen molar-refractivity contribution < 1.29 is 14.3 Å². The lowest BCUT2D eigenvalue weighted by Gasteiger charge is -2.33. The van der Waals surface area contributed by atoms with Gasteiger partial charge in [-0.05, 0) is 82.9 Å². The molecule has 1 aliphatic carbocycles. The number of benzene rings is 1. The predicted octanol–water partition coefficient (Wildman–Crippen LogP) is 5.20. The lowest BCUT2D eigenvalue weighted by atomic mass is 9.83. The number of nitrogens with zero attached hydrogens (tertiary/aromatic N) is 2. The van der Waals surface area contributed by atoms with Gasteiger partial charge in [-0.15, -0.1) is 11.8 Å². The zero-order valence-electron chi connectivity index (χ0n) is 24.3. The Morgan fingerprint density at radius 1 is 1.18 bits per heavy atom. The van der Waals surface area contributed by atoms with Crippen molar-refractivity contribution >= 4 is 34.3 Å². The molecule has 216 valence electrons. The minimum atomic E-state index is -0.154. The molecule has 0 radical (unpaired) electrons. The number of anilines is 1. The minimum absolute atomic E-state index is 0.150. The number of pyridine rings is 1. The molecule has 40 heavy (non-hydrogen) atoms. The average Bonchev–Trinajstić information content (AvgIpc) is 3.27. The van der Waals surface area contributed by atoms with Crippen molar-refractivity contribution in [3.05, 3.63) is 57.1 Å². The van der Waals surface area contributed by atoms with E-state index in [0.717, 1.165) is 71.6 Å². The first kappa shape index (κ1) is 28.8. The van der Waals surface area contributed by atoms with Gasteiger partial charge in [-0.2, -0.15) is 0 Å². The summed E-state index contributed by atoms with van der Waals surface area (Å²) in [6.45, 7) is 9.47. The van der Waals surface area contributed by atoms with Gasteiger partial charge in [0.15, 0.2) is 0 Å². The molecular weight excluding hydrogens is 524 g/mol. The normalized spacial score (nSPS) is 20.6. The topological polar surface area (TPSA) is 88.6 Å². The Morgan fingerprint density at radius 3 is 2.58 bits per heavy atom. The van der Waals surface area contributed by atoms with Crippen LogP contribution in [0.5, 0.6) is 0 Å². The third kappa shape index (κ3) is 5.69. The van der Waals surface area contributed by atoms with Gasteiger partial charge in [-0.3, -0.25) is 9.59 Å². The second-order valence-corrected chi connectivity index (χ2v) is 12.0. The summed E-state index contributed by atoms with van der Waals surface area (Å²) in [4.78, 5) is 32.7. The maximum absolute atomic E-state index is 13.9. The summed E-state index contributed by atoms with van der Waals surface area (Å²) in [5.41, 5.74) is 5.10. The molecule has 0 bridgehead atoms. The Morgan fingerprint density at radius 2 is 1.90 bits per heavy atom. The van der Waals surface area contributed by atoms with Crippen LogP contribution in [0, 0.1) is 19.8 Å². The zero-order chi connectivity index (χ0) is 28.4. The van der Waals surface area contributed by atoms with Crippen molar-refractivity contribution in [1.82, 2.24) is 14.9 Å². The van der Waals surface area contributed by atoms with E-state index in [0.29, 0.717) is 36.4 Å². The number of hydrogen-bond donors (Lipinski definition) is 2. The smallest absolute Gasteiger partial charge is 0.254 e. The zero-order valence-corrected chi connectivity index (χ0v) is 25.2. The van der Waals surface area contributed by atoms with Crippen LogP contribution in [0.4, 0.5) is 5.69 Å². The van der Waals surface area contributed by atoms with Crippen LogP contribution >= 0.6 is 11.8 Å². The first-order chi connectivity index (χ1) is 19.3. The number of thioether (sulfide) groups is 1. The second kappa shape index (κ2) is 12.4. The fourth-order valence-electron chi connectivity index (χ4n) is 6.57. The van der Waals surface area contributed by atoms with Crippen LogP contribution in [-0.2, 0) is 16.0 Å². The third-order valence-corrected chi connectivity index (χ3v) is 9.66. The summed E-state index contributed by atoms with van der Waals surface area (Å²) in [6, 6.07) is 8.73. The van der Waals surface area contributed by atoms with E-state index < -0.39 is 0 Å². The molecule has 1 atom stereocenters. The Hall–Kier alpha value is -2.75. The molecule has 1 aliphatic heterocycles. The number of carbonyl (C=O) groups is 1. The summed E-state index contributed by atoms with van der Waals surface area (Å²) in [6.07, 6.45) is 6.66. The van der Waals surface area contributed by atoms with Crippen LogP contribution in [0.3, 0.4) is 0 Å². The van der Waals surface area contributed by atoms with Crippen molar-refractivity contribution in [2.45, 2.75) is 70.0 Å². The summed E-state index contributed by atoms with van der Waals surface area (Å²) < 4.78 is 13.6. The molecule has 8 nitrogen and oxygen atoms in total. The van der Waals surface area contributed by atoms with Gasteiger partial charge in [-0.1, -0.05) is 0 Å². The van der Waals surface area contributed by atoms with E-state index in [1.54, 1.807) is 0 Å². The van der Waals surface area contributed by atoms with Crippen LogP contribution in [0.15, 0.2) is 34.0 Å². The van der Waals surface area contributed by atoms with Crippen LogP contribution < -0.4 is 15.8 Å². The highest BCUT2D eigenvalue weighted by Crippen LogP contribution is 2.39. The fraction of sp³-hybridized carbons (Fsp3) is 0.548. The molecule has 3 aromatic rings.